The highest BCUT2D eigenvalue weighted by atomic mass is 127. The maximum Gasteiger partial charge on any atom is 0.340 e. The summed E-state index contributed by atoms with van der Waals surface area (Å²) in [6.45, 7) is 3.18. The largest absolute Gasteiger partial charge is 0.462 e. The lowest BCUT2D eigenvalue weighted by Gasteiger charge is -2.14. The minimum atomic E-state index is -0.502. The first-order valence-electron chi connectivity index (χ1n) is 5.91. The van der Waals surface area contributed by atoms with Crippen molar-refractivity contribution in [1.82, 2.24) is 0 Å². The summed E-state index contributed by atoms with van der Waals surface area (Å²) in [5, 5.41) is 2.93. The fourth-order valence-corrected chi connectivity index (χ4v) is 5.63. The Morgan fingerprint density at radius 2 is 1.81 bits per heavy atom. The fourth-order valence-electron chi connectivity index (χ4n) is 1.44. The second-order valence-electron chi connectivity index (χ2n) is 3.96. The van der Waals surface area contributed by atoms with Crippen LogP contribution in [0.15, 0.2) is 6.07 Å². The number of carbonyl (C=O) groups is 3. The number of nitrogens with one attached hydrogen (secondary N) is 1. The second kappa shape index (κ2) is 8.60. The van der Waals surface area contributed by atoms with Crippen LogP contribution in [0.2, 0.25) is 0 Å². The predicted molar refractivity (Wildman–Crippen MR) is 105 cm³/mol. The molecule has 8 heteroatoms. The highest BCUT2D eigenvalue weighted by molar-refractivity contribution is 14.1. The van der Waals surface area contributed by atoms with E-state index in [-0.39, 0.29) is 6.54 Å². The molecule has 1 N–H and O–H groups in total. The summed E-state index contributed by atoms with van der Waals surface area (Å²) in [5.41, 5.74) is 1.13. The molecule has 1 rings (SSSR count). The molecule has 0 spiro atoms. The highest BCUT2D eigenvalue weighted by Crippen LogP contribution is 2.32. The van der Waals surface area contributed by atoms with Gasteiger partial charge in [0.15, 0.2) is 5.78 Å². The second-order valence-corrected chi connectivity index (χ2v) is 7.36. The lowest BCUT2D eigenvalue weighted by Crippen LogP contribution is -2.22. The number of carbonyl (C=O) groups excluding carboxylic acids is 3. The number of ether oxygens (including phenoxy) is 1. The van der Waals surface area contributed by atoms with Gasteiger partial charge in [0.05, 0.1) is 28.0 Å². The van der Waals surface area contributed by atoms with E-state index in [0.717, 1.165) is 7.14 Å². The summed E-state index contributed by atoms with van der Waals surface area (Å²) in [6.07, 6.45) is 0. The van der Waals surface area contributed by atoms with Crippen LogP contribution in [0.3, 0.4) is 0 Å². The first kappa shape index (κ1) is 19.1. The lowest BCUT2D eigenvalue weighted by atomic mass is 10.2. The number of ketones is 2. The van der Waals surface area contributed by atoms with Gasteiger partial charge in [-0.3, -0.25) is 9.59 Å². The van der Waals surface area contributed by atoms with E-state index in [0.29, 0.717) is 21.4 Å². The number of benzene rings is 1. The molecule has 0 aliphatic rings. The Hall–Kier alpha value is 0.0200. The van der Waals surface area contributed by atoms with Crippen molar-refractivity contribution in [3.05, 3.63) is 22.3 Å². The van der Waals surface area contributed by atoms with Gasteiger partial charge < -0.3 is 10.1 Å². The maximum atomic E-state index is 12.0. The predicted octanol–water partition coefficient (Wildman–Crippen LogP) is 3.25. The molecule has 114 valence electrons. The average Bonchev–Trinajstić information content (AvgIpc) is 2.37. The summed E-state index contributed by atoms with van der Waals surface area (Å²) in [7, 11) is 0. The Labute approximate surface area is 163 Å². The van der Waals surface area contributed by atoms with E-state index >= 15 is 0 Å². The Bertz CT molecular complexity index is 602. The van der Waals surface area contributed by atoms with Crippen LogP contribution in [0.5, 0.6) is 0 Å². The first-order chi connectivity index (χ1) is 9.79. The van der Waals surface area contributed by atoms with E-state index in [1.165, 1.54) is 6.92 Å². The van der Waals surface area contributed by atoms with E-state index in [2.05, 4.69) is 50.5 Å². The van der Waals surface area contributed by atoms with Gasteiger partial charge in [0.1, 0.15) is 0 Å². The smallest absolute Gasteiger partial charge is 0.340 e. The van der Waals surface area contributed by atoms with Crippen LogP contribution >= 0.6 is 67.8 Å². The van der Waals surface area contributed by atoms with Crippen LogP contribution in [0.1, 0.15) is 24.2 Å². The quantitative estimate of drug-likeness (QED) is 0.298. The molecule has 0 saturated heterocycles. The normalized spacial score (nSPS) is 10.1. The minimum Gasteiger partial charge on any atom is -0.462 e. The SMILES string of the molecule is CCOC(=O)c1c(I)cc(I)c(NCC(=O)C(C)=O)c1I. The zero-order chi connectivity index (χ0) is 16.2. The molecule has 0 aliphatic carbocycles. The molecule has 0 heterocycles. The fraction of sp³-hybridized carbons (Fsp3) is 0.308. The van der Waals surface area contributed by atoms with Gasteiger partial charge in [-0.2, -0.15) is 0 Å². The zero-order valence-corrected chi connectivity index (χ0v) is 17.7. The van der Waals surface area contributed by atoms with Crippen LogP contribution in [0, 0.1) is 10.7 Å². The lowest BCUT2D eigenvalue weighted by molar-refractivity contribution is -0.134. The third-order valence-electron chi connectivity index (χ3n) is 2.47. The number of esters is 1. The number of halogens is 3. The summed E-state index contributed by atoms with van der Waals surface area (Å²) in [4.78, 5) is 34.4. The monoisotopic (exact) mass is 627 g/mol. The number of Topliss-reactive ketones (excluding diaryl/α,β-unsaturated/α-hetero) is 2. The van der Waals surface area contributed by atoms with Crippen LogP contribution in [-0.2, 0) is 14.3 Å². The van der Waals surface area contributed by atoms with Crippen molar-refractivity contribution in [1.29, 1.82) is 0 Å². The van der Waals surface area contributed by atoms with Crippen LogP contribution in [-0.4, -0.2) is 30.7 Å². The van der Waals surface area contributed by atoms with Crippen molar-refractivity contribution in [2.24, 2.45) is 0 Å². The molecule has 0 radical (unpaired) electrons. The van der Waals surface area contributed by atoms with Gasteiger partial charge in [-0.1, -0.05) is 0 Å². The summed E-state index contributed by atoms with van der Waals surface area (Å²) in [5.74, 6) is -1.40. The van der Waals surface area contributed by atoms with Crippen molar-refractivity contribution in [2.45, 2.75) is 13.8 Å². The summed E-state index contributed by atoms with van der Waals surface area (Å²) >= 11 is 6.24. The molecule has 0 saturated carbocycles. The molecule has 0 fully saturated rings. The van der Waals surface area contributed by atoms with Gasteiger partial charge in [-0.25, -0.2) is 4.79 Å². The van der Waals surface area contributed by atoms with Crippen molar-refractivity contribution in [3.8, 4) is 0 Å². The molecule has 0 aliphatic heterocycles. The van der Waals surface area contributed by atoms with E-state index in [1.807, 2.05) is 28.7 Å². The average molecular weight is 627 g/mol. The number of hydrogen-bond acceptors (Lipinski definition) is 5. The molecular weight excluding hydrogens is 615 g/mol. The molecule has 0 aromatic heterocycles. The van der Waals surface area contributed by atoms with Crippen LogP contribution in [0.25, 0.3) is 0 Å². The molecule has 0 unspecified atom stereocenters. The van der Waals surface area contributed by atoms with Gasteiger partial charge in [-0.05, 0) is 80.8 Å². The highest BCUT2D eigenvalue weighted by Gasteiger charge is 2.21. The molecule has 1 aromatic rings. The molecular formula is C13H12I3NO4. The molecule has 5 nitrogen and oxygen atoms in total. The maximum absolute atomic E-state index is 12.0. The van der Waals surface area contributed by atoms with Crippen molar-refractivity contribution < 1.29 is 19.1 Å². The standard InChI is InChI=1S/C13H12I3NO4/c1-3-21-13(20)10-7(14)4-8(15)12(11(10)16)17-5-9(19)6(2)18/h4,17H,3,5H2,1-2H3. The topological polar surface area (TPSA) is 72.5 Å². The van der Waals surface area contributed by atoms with Gasteiger partial charge in [0.25, 0.3) is 0 Å². The molecule has 0 bridgehead atoms. The van der Waals surface area contributed by atoms with Gasteiger partial charge >= 0.3 is 5.97 Å². The van der Waals surface area contributed by atoms with Gasteiger partial charge in [-0.15, -0.1) is 0 Å². The third-order valence-corrected chi connectivity index (χ3v) is 5.25. The zero-order valence-electron chi connectivity index (χ0n) is 11.3. The Kier molecular flexibility index (Phi) is 7.81. The minimum absolute atomic E-state index is 0.0931. The number of rotatable bonds is 6. The molecule has 0 atom stereocenters. The Morgan fingerprint density at radius 1 is 1.19 bits per heavy atom. The number of anilines is 1. The van der Waals surface area contributed by atoms with Gasteiger partial charge in [0.2, 0.25) is 5.78 Å². The van der Waals surface area contributed by atoms with Crippen molar-refractivity contribution >= 4 is 91.0 Å². The Morgan fingerprint density at radius 3 is 2.33 bits per heavy atom. The van der Waals surface area contributed by atoms with Crippen LogP contribution in [0.4, 0.5) is 5.69 Å². The van der Waals surface area contributed by atoms with Crippen molar-refractivity contribution in [3.63, 3.8) is 0 Å². The number of hydrogen-bond donors (Lipinski definition) is 1. The summed E-state index contributed by atoms with van der Waals surface area (Å²) < 4.78 is 7.38. The van der Waals surface area contributed by atoms with Gasteiger partial charge in [0, 0.05) is 14.1 Å². The molecule has 0 amide bonds. The van der Waals surface area contributed by atoms with E-state index < -0.39 is 17.5 Å². The third kappa shape index (κ3) is 5.01. The summed E-state index contributed by atoms with van der Waals surface area (Å²) in [6, 6.07) is 1.83. The van der Waals surface area contributed by atoms with E-state index in [4.69, 9.17) is 4.74 Å². The Balaban J connectivity index is 3.15. The van der Waals surface area contributed by atoms with E-state index in [9.17, 15) is 14.4 Å². The molecule has 21 heavy (non-hydrogen) atoms. The van der Waals surface area contributed by atoms with E-state index in [1.54, 1.807) is 6.92 Å². The molecule has 1 aromatic carbocycles. The van der Waals surface area contributed by atoms with Crippen molar-refractivity contribution in [2.75, 3.05) is 18.5 Å². The van der Waals surface area contributed by atoms with Crippen LogP contribution < -0.4 is 5.32 Å². The first-order valence-corrected chi connectivity index (χ1v) is 9.15.